The van der Waals surface area contributed by atoms with Gasteiger partial charge in [0.15, 0.2) is 0 Å². The molecule has 16 heavy (non-hydrogen) atoms. The van der Waals surface area contributed by atoms with E-state index in [1.165, 1.54) is 0 Å². The molecule has 0 amide bonds. The van der Waals surface area contributed by atoms with Crippen molar-refractivity contribution in [1.29, 1.82) is 5.41 Å². The van der Waals surface area contributed by atoms with Crippen LogP contribution in [-0.2, 0) is 12.0 Å². The van der Waals surface area contributed by atoms with Gasteiger partial charge in [0.25, 0.3) is 0 Å². The molecular formula is C11H18N4O. The van der Waals surface area contributed by atoms with Crippen LogP contribution in [0.25, 0.3) is 0 Å². The fourth-order valence-corrected chi connectivity index (χ4v) is 1.80. The maximum absolute atomic E-state index is 9.10. The van der Waals surface area contributed by atoms with Gasteiger partial charge in [0.2, 0.25) is 5.62 Å². The molecule has 0 aliphatic carbocycles. The minimum absolute atomic E-state index is 0.00104. The Morgan fingerprint density at radius 2 is 2.31 bits per heavy atom. The molecular weight excluding hydrogens is 204 g/mol. The Balaban J connectivity index is 2.46. The highest BCUT2D eigenvalue weighted by atomic mass is 16.3. The number of aliphatic hydroxyl groups is 1. The molecule has 1 aromatic rings. The zero-order valence-electron chi connectivity index (χ0n) is 9.91. The number of nitrogens with one attached hydrogen (secondary N) is 2. The SMILES string of the molecule is CC(C)(C)c1cc2n(c(=N)n1)CC(CO)N2. The lowest BCUT2D eigenvalue weighted by Gasteiger charge is -2.18. The molecule has 0 fully saturated rings. The quantitative estimate of drug-likeness (QED) is 0.645. The van der Waals surface area contributed by atoms with E-state index in [0.717, 1.165) is 11.5 Å². The second kappa shape index (κ2) is 3.59. The highest BCUT2D eigenvalue weighted by Crippen LogP contribution is 2.23. The zero-order chi connectivity index (χ0) is 11.9. The summed E-state index contributed by atoms with van der Waals surface area (Å²) in [5.74, 6) is 0.879. The topological polar surface area (TPSA) is 73.9 Å². The van der Waals surface area contributed by atoms with Gasteiger partial charge in [-0.15, -0.1) is 0 Å². The normalized spacial score (nSPS) is 19.4. The molecule has 1 aliphatic rings. The highest BCUT2D eigenvalue weighted by Gasteiger charge is 2.24. The number of rotatable bonds is 1. The van der Waals surface area contributed by atoms with Crippen molar-refractivity contribution in [2.24, 2.45) is 0 Å². The van der Waals surface area contributed by atoms with Crippen LogP contribution in [0.15, 0.2) is 6.07 Å². The molecule has 5 nitrogen and oxygen atoms in total. The number of nitrogens with zero attached hydrogens (tertiary/aromatic N) is 2. The number of hydrogen-bond donors (Lipinski definition) is 3. The Morgan fingerprint density at radius 1 is 1.62 bits per heavy atom. The molecule has 1 aromatic heterocycles. The summed E-state index contributed by atoms with van der Waals surface area (Å²) in [6.45, 7) is 6.91. The summed E-state index contributed by atoms with van der Waals surface area (Å²) in [5, 5.41) is 20.2. The molecule has 2 heterocycles. The number of hydrogen-bond acceptors (Lipinski definition) is 4. The van der Waals surface area contributed by atoms with E-state index in [1.54, 1.807) is 4.57 Å². The summed E-state index contributed by atoms with van der Waals surface area (Å²) in [4.78, 5) is 4.29. The van der Waals surface area contributed by atoms with Gasteiger partial charge in [-0.05, 0) is 0 Å². The van der Waals surface area contributed by atoms with Crippen molar-refractivity contribution in [2.45, 2.75) is 38.8 Å². The van der Waals surface area contributed by atoms with Gasteiger partial charge in [0.1, 0.15) is 5.82 Å². The van der Waals surface area contributed by atoms with Crippen LogP contribution < -0.4 is 10.9 Å². The molecule has 0 aromatic carbocycles. The Hall–Kier alpha value is -1.36. The number of fused-ring (bicyclic) bond motifs is 1. The molecule has 0 saturated heterocycles. The van der Waals surface area contributed by atoms with E-state index in [-0.39, 0.29) is 23.7 Å². The van der Waals surface area contributed by atoms with Crippen LogP contribution in [0.1, 0.15) is 26.5 Å². The summed E-state index contributed by atoms with van der Waals surface area (Å²) in [7, 11) is 0. The highest BCUT2D eigenvalue weighted by molar-refractivity contribution is 5.42. The molecule has 0 spiro atoms. The number of aromatic nitrogens is 2. The maximum Gasteiger partial charge on any atom is 0.223 e. The first-order valence-electron chi connectivity index (χ1n) is 5.46. The number of anilines is 1. The van der Waals surface area contributed by atoms with Gasteiger partial charge in [0, 0.05) is 18.0 Å². The molecule has 5 heteroatoms. The van der Waals surface area contributed by atoms with Crippen LogP contribution in [0.3, 0.4) is 0 Å². The molecule has 3 N–H and O–H groups in total. The van der Waals surface area contributed by atoms with Gasteiger partial charge < -0.3 is 10.4 Å². The molecule has 1 unspecified atom stereocenters. The third kappa shape index (κ3) is 1.82. The van der Waals surface area contributed by atoms with Gasteiger partial charge in [0.05, 0.1) is 18.3 Å². The lowest BCUT2D eigenvalue weighted by atomic mass is 9.92. The summed E-state index contributed by atoms with van der Waals surface area (Å²) < 4.78 is 1.79. The van der Waals surface area contributed by atoms with E-state index >= 15 is 0 Å². The summed E-state index contributed by atoms with van der Waals surface area (Å²) >= 11 is 0. The van der Waals surface area contributed by atoms with Crippen molar-refractivity contribution in [1.82, 2.24) is 9.55 Å². The predicted molar refractivity (Wildman–Crippen MR) is 61.3 cm³/mol. The van der Waals surface area contributed by atoms with Gasteiger partial charge in [-0.25, -0.2) is 4.98 Å². The minimum Gasteiger partial charge on any atom is -0.394 e. The van der Waals surface area contributed by atoms with Crippen molar-refractivity contribution in [2.75, 3.05) is 11.9 Å². The first-order chi connectivity index (χ1) is 7.41. The summed E-state index contributed by atoms with van der Waals surface area (Å²) in [6.07, 6.45) is 0. The Labute approximate surface area is 94.7 Å². The average Bonchev–Trinajstić information content (AvgIpc) is 2.59. The zero-order valence-corrected chi connectivity index (χ0v) is 9.91. The molecule has 1 aliphatic heterocycles. The third-order valence-electron chi connectivity index (χ3n) is 2.79. The van der Waals surface area contributed by atoms with Crippen molar-refractivity contribution in [3.05, 3.63) is 17.4 Å². The van der Waals surface area contributed by atoms with Crippen LogP contribution in [0, 0.1) is 5.41 Å². The van der Waals surface area contributed by atoms with Crippen LogP contribution in [-0.4, -0.2) is 27.3 Å². The second-order valence-electron chi connectivity index (χ2n) is 5.23. The fourth-order valence-electron chi connectivity index (χ4n) is 1.80. The van der Waals surface area contributed by atoms with E-state index in [0.29, 0.717) is 6.54 Å². The van der Waals surface area contributed by atoms with E-state index in [1.807, 2.05) is 6.07 Å². The summed E-state index contributed by atoms with van der Waals surface area (Å²) in [6, 6.07) is 1.97. The van der Waals surface area contributed by atoms with Crippen molar-refractivity contribution < 1.29 is 5.11 Å². The van der Waals surface area contributed by atoms with Crippen LogP contribution in [0.4, 0.5) is 5.82 Å². The van der Waals surface area contributed by atoms with E-state index in [9.17, 15) is 0 Å². The van der Waals surface area contributed by atoms with Gasteiger partial charge in [-0.2, -0.15) is 0 Å². The Bertz CT molecular complexity index is 458. The molecule has 0 bridgehead atoms. The van der Waals surface area contributed by atoms with Crippen LogP contribution in [0.2, 0.25) is 0 Å². The van der Waals surface area contributed by atoms with Crippen LogP contribution >= 0.6 is 0 Å². The minimum atomic E-state index is -0.0651. The molecule has 0 radical (unpaired) electrons. The largest absolute Gasteiger partial charge is 0.394 e. The van der Waals surface area contributed by atoms with Crippen LogP contribution in [0.5, 0.6) is 0 Å². The standard InChI is InChI=1S/C11H18N4O/c1-11(2,3)8-4-9-13-7(6-16)5-15(9)10(12)14-8/h4,7,12-13,16H,5-6H2,1-3H3. The van der Waals surface area contributed by atoms with Gasteiger partial charge >= 0.3 is 0 Å². The maximum atomic E-state index is 9.10. The fraction of sp³-hybridized carbons (Fsp3) is 0.636. The third-order valence-corrected chi connectivity index (χ3v) is 2.79. The molecule has 2 rings (SSSR count). The number of aliphatic hydroxyl groups excluding tert-OH is 1. The van der Waals surface area contributed by atoms with Gasteiger partial charge in [-0.3, -0.25) is 9.98 Å². The smallest absolute Gasteiger partial charge is 0.223 e. The van der Waals surface area contributed by atoms with Crippen molar-refractivity contribution in [3.63, 3.8) is 0 Å². The molecule has 0 saturated carbocycles. The first-order valence-corrected chi connectivity index (χ1v) is 5.46. The first kappa shape index (κ1) is 11.1. The Morgan fingerprint density at radius 3 is 2.88 bits per heavy atom. The second-order valence-corrected chi connectivity index (χ2v) is 5.23. The summed E-state index contributed by atoms with van der Waals surface area (Å²) in [5.41, 5.74) is 1.09. The monoisotopic (exact) mass is 222 g/mol. The van der Waals surface area contributed by atoms with E-state index < -0.39 is 0 Å². The van der Waals surface area contributed by atoms with E-state index in [4.69, 9.17) is 10.5 Å². The van der Waals surface area contributed by atoms with Crippen molar-refractivity contribution >= 4 is 5.82 Å². The van der Waals surface area contributed by atoms with E-state index in [2.05, 4.69) is 31.1 Å². The molecule has 1 atom stereocenters. The lowest BCUT2D eigenvalue weighted by molar-refractivity contribution is 0.270. The van der Waals surface area contributed by atoms with Gasteiger partial charge in [-0.1, -0.05) is 20.8 Å². The average molecular weight is 222 g/mol. The predicted octanol–water partition coefficient (Wildman–Crippen LogP) is 0.446. The Kier molecular flexibility index (Phi) is 2.50. The lowest BCUT2D eigenvalue weighted by Crippen LogP contribution is -2.27. The van der Waals surface area contributed by atoms with Crippen molar-refractivity contribution in [3.8, 4) is 0 Å². The molecule has 88 valence electrons.